The summed E-state index contributed by atoms with van der Waals surface area (Å²) in [7, 11) is 0. The topological polar surface area (TPSA) is 55.6 Å². The van der Waals surface area contributed by atoms with E-state index in [2.05, 4.69) is 12.1 Å². The fraction of sp³-hybridized carbons (Fsp3) is 0.316. The van der Waals surface area contributed by atoms with Crippen LogP contribution in [0.3, 0.4) is 0 Å². The van der Waals surface area contributed by atoms with Crippen LogP contribution < -0.4 is 10.5 Å². The minimum atomic E-state index is -0.0668. The molecular weight excluding hydrogens is 359 g/mol. The molecule has 0 aromatic heterocycles. The zero-order valence-corrected chi connectivity index (χ0v) is 15.2. The smallest absolute Gasteiger partial charge is 0.260 e. The van der Waals surface area contributed by atoms with Crippen LogP contribution in [0, 0.1) is 5.92 Å². The van der Waals surface area contributed by atoms with Crippen LogP contribution in [0.1, 0.15) is 11.5 Å². The van der Waals surface area contributed by atoms with E-state index >= 15 is 0 Å². The minimum Gasteiger partial charge on any atom is -0.482 e. The third kappa shape index (κ3) is 4.27. The number of benzene rings is 2. The van der Waals surface area contributed by atoms with Gasteiger partial charge in [0.25, 0.3) is 5.91 Å². The summed E-state index contributed by atoms with van der Waals surface area (Å²) in [6.07, 6.45) is 0. The Hall–Kier alpha value is -1.75. The van der Waals surface area contributed by atoms with Gasteiger partial charge in [0.1, 0.15) is 5.75 Å². The van der Waals surface area contributed by atoms with Gasteiger partial charge < -0.3 is 15.4 Å². The van der Waals surface area contributed by atoms with Gasteiger partial charge in [0.05, 0.1) is 5.02 Å². The zero-order chi connectivity index (χ0) is 17.8. The van der Waals surface area contributed by atoms with E-state index in [0.717, 1.165) is 0 Å². The summed E-state index contributed by atoms with van der Waals surface area (Å²) in [5.41, 5.74) is 7.14. The number of nitrogens with zero attached hydrogens (tertiary/aromatic N) is 1. The molecule has 2 aromatic carbocycles. The molecule has 4 nitrogen and oxygen atoms in total. The Morgan fingerprint density at radius 2 is 1.92 bits per heavy atom. The quantitative estimate of drug-likeness (QED) is 0.864. The normalized spacial score (nSPS) is 19.9. The molecule has 1 heterocycles. The van der Waals surface area contributed by atoms with Gasteiger partial charge in [0.2, 0.25) is 0 Å². The van der Waals surface area contributed by atoms with Gasteiger partial charge in [-0.15, -0.1) is 0 Å². The Balaban J connectivity index is 1.63. The zero-order valence-electron chi connectivity index (χ0n) is 13.7. The van der Waals surface area contributed by atoms with Crippen molar-refractivity contribution in [3.63, 3.8) is 0 Å². The monoisotopic (exact) mass is 378 g/mol. The molecule has 1 fully saturated rings. The van der Waals surface area contributed by atoms with Crippen molar-refractivity contribution in [3.05, 3.63) is 64.1 Å². The molecule has 1 saturated heterocycles. The lowest BCUT2D eigenvalue weighted by Crippen LogP contribution is -2.33. The molecule has 0 bridgehead atoms. The molecule has 2 atom stereocenters. The van der Waals surface area contributed by atoms with Gasteiger partial charge in [-0.3, -0.25) is 4.79 Å². The van der Waals surface area contributed by atoms with Crippen LogP contribution in [0.4, 0.5) is 0 Å². The molecule has 0 aliphatic carbocycles. The number of halogens is 2. The summed E-state index contributed by atoms with van der Waals surface area (Å²) in [5.74, 6) is 0.899. The first-order valence-corrected chi connectivity index (χ1v) is 8.94. The number of nitrogens with two attached hydrogens (primary N) is 1. The number of rotatable bonds is 5. The maximum absolute atomic E-state index is 12.5. The summed E-state index contributed by atoms with van der Waals surface area (Å²) in [5, 5.41) is 0.920. The van der Waals surface area contributed by atoms with Crippen molar-refractivity contribution in [2.24, 2.45) is 11.7 Å². The minimum absolute atomic E-state index is 0.0554. The lowest BCUT2D eigenvalue weighted by molar-refractivity contribution is -0.132. The molecule has 2 aromatic rings. The highest BCUT2D eigenvalue weighted by Gasteiger charge is 2.35. The Kier molecular flexibility index (Phi) is 5.84. The van der Waals surface area contributed by atoms with Crippen LogP contribution in [0.5, 0.6) is 5.75 Å². The first kappa shape index (κ1) is 18.1. The highest BCUT2D eigenvalue weighted by atomic mass is 35.5. The lowest BCUT2D eigenvalue weighted by atomic mass is 9.89. The molecule has 3 rings (SSSR count). The SMILES string of the molecule is NC[C@@H]1CN(C(=O)COc2ccc(Cl)cc2Cl)C[C@H]1c1ccccc1. The van der Waals surface area contributed by atoms with Gasteiger partial charge in [0.15, 0.2) is 6.61 Å². The van der Waals surface area contributed by atoms with E-state index in [1.807, 2.05) is 23.1 Å². The summed E-state index contributed by atoms with van der Waals surface area (Å²) in [4.78, 5) is 14.3. The highest BCUT2D eigenvalue weighted by Crippen LogP contribution is 2.32. The van der Waals surface area contributed by atoms with Crippen molar-refractivity contribution >= 4 is 29.1 Å². The molecule has 6 heteroatoms. The molecule has 0 saturated carbocycles. The maximum Gasteiger partial charge on any atom is 0.260 e. The van der Waals surface area contributed by atoms with E-state index in [0.29, 0.717) is 35.4 Å². The Labute approximate surface area is 157 Å². The van der Waals surface area contributed by atoms with E-state index in [4.69, 9.17) is 33.7 Å². The van der Waals surface area contributed by atoms with Crippen LogP contribution in [0.2, 0.25) is 10.0 Å². The largest absolute Gasteiger partial charge is 0.482 e. The molecule has 0 spiro atoms. The summed E-state index contributed by atoms with van der Waals surface area (Å²) >= 11 is 11.9. The van der Waals surface area contributed by atoms with E-state index in [1.165, 1.54) is 5.56 Å². The van der Waals surface area contributed by atoms with Crippen LogP contribution in [0.25, 0.3) is 0 Å². The molecule has 2 N–H and O–H groups in total. The number of likely N-dealkylation sites (tertiary alicyclic amines) is 1. The summed E-state index contributed by atoms with van der Waals surface area (Å²) < 4.78 is 5.56. The molecule has 0 unspecified atom stereocenters. The van der Waals surface area contributed by atoms with E-state index < -0.39 is 0 Å². The van der Waals surface area contributed by atoms with Gasteiger partial charge in [0, 0.05) is 24.0 Å². The number of hydrogen-bond donors (Lipinski definition) is 1. The Bertz CT molecular complexity index is 739. The second-order valence-electron chi connectivity index (χ2n) is 6.18. The number of carbonyl (C=O) groups is 1. The second-order valence-corrected chi connectivity index (χ2v) is 7.02. The van der Waals surface area contributed by atoms with Gasteiger partial charge in [-0.2, -0.15) is 0 Å². The van der Waals surface area contributed by atoms with Crippen molar-refractivity contribution in [1.29, 1.82) is 0 Å². The van der Waals surface area contributed by atoms with Crippen LogP contribution >= 0.6 is 23.2 Å². The van der Waals surface area contributed by atoms with E-state index in [-0.39, 0.29) is 24.3 Å². The van der Waals surface area contributed by atoms with Crippen molar-refractivity contribution in [1.82, 2.24) is 4.90 Å². The molecule has 1 aliphatic heterocycles. The predicted octanol–water partition coefficient (Wildman–Crippen LogP) is 3.57. The van der Waals surface area contributed by atoms with Gasteiger partial charge in [-0.1, -0.05) is 53.5 Å². The van der Waals surface area contributed by atoms with Crippen molar-refractivity contribution < 1.29 is 9.53 Å². The molecule has 25 heavy (non-hydrogen) atoms. The van der Waals surface area contributed by atoms with E-state index in [9.17, 15) is 4.79 Å². The first-order chi connectivity index (χ1) is 12.1. The van der Waals surface area contributed by atoms with Gasteiger partial charge >= 0.3 is 0 Å². The van der Waals surface area contributed by atoms with Crippen LogP contribution in [-0.4, -0.2) is 37.0 Å². The number of carbonyl (C=O) groups excluding carboxylic acids is 1. The van der Waals surface area contributed by atoms with Gasteiger partial charge in [-0.25, -0.2) is 0 Å². The fourth-order valence-corrected chi connectivity index (χ4v) is 3.68. The third-order valence-electron chi connectivity index (χ3n) is 4.57. The van der Waals surface area contributed by atoms with Crippen molar-refractivity contribution in [2.75, 3.05) is 26.2 Å². The predicted molar refractivity (Wildman–Crippen MR) is 100 cm³/mol. The summed E-state index contributed by atoms with van der Waals surface area (Å²) in [6.45, 7) is 1.79. The van der Waals surface area contributed by atoms with E-state index in [1.54, 1.807) is 18.2 Å². The maximum atomic E-state index is 12.5. The van der Waals surface area contributed by atoms with Crippen LogP contribution in [0.15, 0.2) is 48.5 Å². The number of amides is 1. The number of hydrogen-bond acceptors (Lipinski definition) is 3. The highest BCUT2D eigenvalue weighted by molar-refractivity contribution is 6.35. The van der Waals surface area contributed by atoms with Crippen molar-refractivity contribution in [3.8, 4) is 5.75 Å². The van der Waals surface area contributed by atoms with Crippen LogP contribution in [-0.2, 0) is 4.79 Å². The first-order valence-electron chi connectivity index (χ1n) is 8.19. The van der Waals surface area contributed by atoms with Gasteiger partial charge in [-0.05, 0) is 36.2 Å². The molecule has 132 valence electrons. The lowest BCUT2D eigenvalue weighted by Gasteiger charge is -2.17. The summed E-state index contributed by atoms with van der Waals surface area (Å²) in [6, 6.07) is 15.1. The Morgan fingerprint density at radius 3 is 2.60 bits per heavy atom. The second kappa shape index (κ2) is 8.09. The molecule has 1 aliphatic rings. The average molecular weight is 379 g/mol. The Morgan fingerprint density at radius 1 is 1.16 bits per heavy atom. The molecule has 1 amide bonds. The third-order valence-corrected chi connectivity index (χ3v) is 5.10. The average Bonchev–Trinajstić information content (AvgIpc) is 3.06. The fourth-order valence-electron chi connectivity index (χ4n) is 3.21. The molecule has 0 radical (unpaired) electrons. The standard InChI is InChI=1S/C19H20Cl2N2O2/c20-15-6-7-18(17(21)8-15)25-12-19(24)23-10-14(9-22)16(11-23)13-4-2-1-3-5-13/h1-8,14,16H,9-12,22H2/t14-,16+/m1/s1. The molecular formula is C19H20Cl2N2O2. The number of ether oxygens (including phenoxy) is 1. The van der Waals surface area contributed by atoms with Crippen molar-refractivity contribution in [2.45, 2.75) is 5.92 Å².